The maximum atomic E-state index is 12.0. The zero-order valence-corrected chi connectivity index (χ0v) is 13.5. The van der Waals surface area contributed by atoms with Gasteiger partial charge >= 0.3 is 0 Å². The lowest BCUT2D eigenvalue weighted by Crippen LogP contribution is -2.55. The van der Waals surface area contributed by atoms with Crippen molar-refractivity contribution in [2.24, 2.45) is 0 Å². The van der Waals surface area contributed by atoms with Gasteiger partial charge in [0.1, 0.15) is 0 Å². The van der Waals surface area contributed by atoms with E-state index in [1.807, 2.05) is 0 Å². The van der Waals surface area contributed by atoms with E-state index < -0.39 is 0 Å². The largest absolute Gasteiger partial charge is 0.353 e. The third-order valence-corrected chi connectivity index (χ3v) is 4.71. The van der Waals surface area contributed by atoms with Crippen LogP contribution < -0.4 is 10.6 Å². The number of hydrogen-bond donors (Lipinski definition) is 2. The second kappa shape index (κ2) is 6.44. The normalized spacial score (nSPS) is 31.1. The van der Waals surface area contributed by atoms with Crippen LogP contribution in [0.2, 0.25) is 0 Å². The maximum Gasteiger partial charge on any atom is 0.221 e. The molecule has 0 aromatic heterocycles. The number of piperidine rings is 2. The van der Waals surface area contributed by atoms with Crippen LogP contribution in [0.1, 0.15) is 59.3 Å². The third kappa shape index (κ3) is 4.45. The maximum absolute atomic E-state index is 12.0. The van der Waals surface area contributed by atoms with E-state index >= 15 is 0 Å². The number of amides is 1. The lowest BCUT2D eigenvalue weighted by atomic mass is 9.82. The van der Waals surface area contributed by atoms with Gasteiger partial charge in [-0.25, -0.2) is 0 Å². The minimum atomic E-state index is 0.0882. The molecule has 4 nitrogen and oxygen atoms in total. The Balaban J connectivity index is 1.72. The van der Waals surface area contributed by atoms with E-state index in [0.717, 1.165) is 19.4 Å². The van der Waals surface area contributed by atoms with Crippen molar-refractivity contribution in [2.75, 3.05) is 13.6 Å². The van der Waals surface area contributed by atoms with Crippen LogP contribution in [0.4, 0.5) is 0 Å². The molecule has 0 aromatic carbocycles. The van der Waals surface area contributed by atoms with Crippen LogP contribution in [0.15, 0.2) is 0 Å². The van der Waals surface area contributed by atoms with E-state index in [4.69, 9.17) is 0 Å². The molecule has 2 rings (SSSR count). The minimum absolute atomic E-state index is 0.0882. The molecule has 2 aliphatic rings. The summed E-state index contributed by atoms with van der Waals surface area (Å²) in [7, 11) is 2.25. The van der Waals surface area contributed by atoms with Gasteiger partial charge in [0.25, 0.3) is 0 Å². The summed E-state index contributed by atoms with van der Waals surface area (Å²) in [6, 6.07) is 1.75. The summed E-state index contributed by atoms with van der Waals surface area (Å²) in [5.41, 5.74) is 0.0882. The number of rotatable bonds is 4. The summed E-state index contributed by atoms with van der Waals surface area (Å²) >= 11 is 0. The molecule has 116 valence electrons. The summed E-state index contributed by atoms with van der Waals surface area (Å²) in [5, 5.41) is 6.62. The second-order valence-corrected chi connectivity index (χ2v) is 7.57. The lowest BCUT2D eigenvalue weighted by Gasteiger charge is -2.47. The number of nitrogens with zero attached hydrogens (tertiary/aromatic N) is 1. The SMILES string of the molecule is CN1C2CCCC1CC(NC(=O)CCNC(C)(C)C)C2. The Bertz CT molecular complexity index is 323. The van der Waals surface area contributed by atoms with Crippen LogP contribution in [-0.2, 0) is 4.79 Å². The molecule has 1 amide bonds. The molecule has 0 spiro atoms. The number of hydrogen-bond acceptors (Lipinski definition) is 3. The van der Waals surface area contributed by atoms with Crippen molar-refractivity contribution in [1.82, 2.24) is 15.5 Å². The van der Waals surface area contributed by atoms with Crippen LogP contribution in [0.5, 0.6) is 0 Å². The number of carbonyl (C=O) groups excluding carboxylic acids is 1. The molecule has 2 bridgehead atoms. The van der Waals surface area contributed by atoms with Crippen LogP contribution >= 0.6 is 0 Å². The smallest absolute Gasteiger partial charge is 0.221 e. The highest BCUT2D eigenvalue weighted by Crippen LogP contribution is 2.32. The van der Waals surface area contributed by atoms with Crippen molar-refractivity contribution in [3.05, 3.63) is 0 Å². The first-order valence-corrected chi connectivity index (χ1v) is 8.11. The standard InChI is InChI=1S/C16H31N3O/c1-16(2,3)17-9-8-15(20)18-12-10-13-6-5-7-14(11-12)19(13)4/h12-14,17H,5-11H2,1-4H3,(H,18,20). The van der Waals surface area contributed by atoms with Gasteiger partial charge in [0.05, 0.1) is 0 Å². The molecule has 0 aromatic rings. The second-order valence-electron chi connectivity index (χ2n) is 7.57. The van der Waals surface area contributed by atoms with E-state index in [-0.39, 0.29) is 11.4 Å². The predicted octanol–water partition coefficient (Wildman–Crippen LogP) is 1.90. The topological polar surface area (TPSA) is 44.4 Å². The summed E-state index contributed by atoms with van der Waals surface area (Å²) in [6.07, 6.45) is 6.79. The Kier molecular flexibility index (Phi) is 5.08. The highest BCUT2D eigenvalue weighted by atomic mass is 16.1. The van der Waals surface area contributed by atoms with E-state index in [1.54, 1.807) is 0 Å². The van der Waals surface area contributed by atoms with Crippen molar-refractivity contribution < 1.29 is 4.79 Å². The minimum Gasteiger partial charge on any atom is -0.353 e. The van der Waals surface area contributed by atoms with E-state index in [1.165, 1.54) is 19.3 Å². The molecule has 2 aliphatic heterocycles. The van der Waals surface area contributed by atoms with Crippen molar-refractivity contribution in [3.63, 3.8) is 0 Å². The monoisotopic (exact) mass is 281 g/mol. The average molecular weight is 281 g/mol. The van der Waals surface area contributed by atoms with Gasteiger partial charge in [0.15, 0.2) is 0 Å². The fourth-order valence-corrected chi connectivity index (χ4v) is 3.58. The highest BCUT2D eigenvalue weighted by molar-refractivity contribution is 5.76. The third-order valence-electron chi connectivity index (χ3n) is 4.71. The fourth-order valence-electron chi connectivity index (χ4n) is 3.58. The van der Waals surface area contributed by atoms with Crippen LogP contribution in [0.3, 0.4) is 0 Å². The summed E-state index contributed by atoms with van der Waals surface area (Å²) in [6.45, 7) is 7.14. The van der Waals surface area contributed by atoms with Gasteiger partial charge in [-0.2, -0.15) is 0 Å². The fraction of sp³-hybridized carbons (Fsp3) is 0.938. The van der Waals surface area contributed by atoms with Gasteiger partial charge in [0, 0.05) is 36.6 Å². The Morgan fingerprint density at radius 1 is 1.20 bits per heavy atom. The van der Waals surface area contributed by atoms with Gasteiger partial charge in [0.2, 0.25) is 5.91 Å². The Morgan fingerprint density at radius 2 is 1.80 bits per heavy atom. The van der Waals surface area contributed by atoms with Gasteiger partial charge in [-0.3, -0.25) is 4.79 Å². The average Bonchev–Trinajstić information content (AvgIpc) is 2.28. The van der Waals surface area contributed by atoms with Gasteiger partial charge in [-0.1, -0.05) is 6.42 Å². The number of fused-ring (bicyclic) bond motifs is 2. The molecule has 2 atom stereocenters. The lowest BCUT2D eigenvalue weighted by molar-refractivity contribution is -0.122. The zero-order chi connectivity index (χ0) is 14.8. The highest BCUT2D eigenvalue weighted by Gasteiger charge is 2.36. The Hall–Kier alpha value is -0.610. The van der Waals surface area contributed by atoms with E-state index in [2.05, 4.69) is 43.4 Å². The molecule has 2 saturated heterocycles. The molecular weight excluding hydrogens is 250 g/mol. The zero-order valence-electron chi connectivity index (χ0n) is 13.5. The van der Waals surface area contributed by atoms with Crippen LogP contribution in [0, 0.1) is 0 Å². The summed E-state index contributed by atoms with van der Waals surface area (Å²) in [4.78, 5) is 14.6. The predicted molar refractivity (Wildman–Crippen MR) is 82.7 cm³/mol. The first-order valence-electron chi connectivity index (χ1n) is 8.11. The van der Waals surface area contributed by atoms with Crippen molar-refractivity contribution in [1.29, 1.82) is 0 Å². The van der Waals surface area contributed by atoms with Gasteiger partial charge < -0.3 is 15.5 Å². The first kappa shape index (κ1) is 15.8. The quantitative estimate of drug-likeness (QED) is 0.827. The molecule has 2 N–H and O–H groups in total. The summed E-state index contributed by atoms with van der Waals surface area (Å²) in [5.74, 6) is 0.203. The molecule has 0 aliphatic carbocycles. The molecule has 0 radical (unpaired) electrons. The molecule has 2 fully saturated rings. The molecule has 20 heavy (non-hydrogen) atoms. The summed E-state index contributed by atoms with van der Waals surface area (Å²) < 4.78 is 0. The molecule has 2 heterocycles. The molecule has 4 heteroatoms. The van der Waals surface area contributed by atoms with Crippen molar-refractivity contribution in [2.45, 2.75) is 83.0 Å². The van der Waals surface area contributed by atoms with Crippen LogP contribution in [-0.4, -0.2) is 48.1 Å². The Morgan fingerprint density at radius 3 is 2.35 bits per heavy atom. The molecule has 0 saturated carbocycles. The van der Waals surface area contributed by atoms with E-state index in [9.17, 15) is 4.79 Å². The van der Waals surface area contributed by atoms with Gasteiger partial charge in [-0.15, -0.1) is 0 Å². The Labute approximate surface area is 123 Å². The number of carbonyl (C=O) groups is 1. The van der Waals surface area contributed by atoms with Crippen molar-refractivity contribution in [3.8, 4) is 0 Å². The van der Waals surface area contributed by atoms with Gasteiger partial charge in [-0.05, 0) is 53.5 Å². The molecule has 2 unspecified atom stereocenters. The molecular formula is C16H31N3O. The van der Waals surface area contributed by atoms with Crippen LogP contribution in [0.25, 0.3) is 0 Å². The van der Waals surface area contributed by atoms with Crippen molar-refractivity contribution >= 4 is 5.91 Å². The number of nitrogens with one attached hydrogen (secondary N) is 2. The first-order chi connectivity index (χ1) is 9.35. The van der Waals surface area contributed by atoms with E-state index in [0.29, 0.717) is 24.5 Å².